The maximum absolute atomic E-state index is 12.0. The second-order valence-corrected chi connectivity index (χ2v) is 4.68. The number of nitrogens with zero attached hydrogens (tertiary/aromatic N) is 2. The van der Waals surface area contributed by atoms with E-state index in [1.54, 1.807) is 24.1 Å². The molecule has 1 atom stereocenters. The van der Waals surface area contributed by atoms with E-state index in [4.69, 9.17) is 4.74 Å². The van der Waals surface area contributed by atoms with E-state index in [9.17, 15) is 9.59 Å². The van der Waals surface area contributed by atoms with Gasteiger partial charge in [-0.15, -0.1) is 0 Å². The summed E-state index contributed by atoms with van der Waals surface area (Å²) in [5, 5.41) is 0. The average molecular weight is 262 g/mol. The summed E-state index contributed by atoms with van der Waals surface area (Å²) < 4.78 is 4.78. The molecule has 102 valence electrons. The molecule has 1 unspecified atom stereocenters. The third kappa shape index (κ3) is 2.41. The minimum atomic E-state index is -0.388. The van der Waals surface area contributed by atoms with E-state index in [2.05, 4.69) is 0 Å². The number of ether oxygens (including phenoxy) is 1. The monoisotopic (exact) mass is 262 g/mol. The molecule has 1 amide bonds. The summed E-state index contributed by atoms with van der Waals surface area (Å²) in [5.41, 5.74) is 1.21. The Morgan fingerprint density at radius 3 is 2.68 bits per heavy atom. The second-order valence-electron chi connectivity index (χ2n) is 4.68. The summed E-state index contributed by atoms with van der Waals surface area (Å²) in [4.78, 5) is 27.4. The fourth-order valence-electron chi connectivity index (χ4n) is 2.39. The molecule has 1 aromatic carbocycles. The topological polar surface area (TPSA) is 49.9 Å². The highest BCUT2D eigenvalue weighted by Gasteiger charge is 2.33. The molecule has 5 nitrogen and oxygen atoms in total. The quantitative estimate of drug-likeness (QED) is 0.766. The molecule has 2 rings (SSSR count). The Labute approximate surface area is 112 Å². The van der Waals surface area contributed by atoms with Crippen molar-refractivity contribution in [2.24, 2.45) is 0 Å². The summed E-state index contributed by atoms with van der Waals surface area (Å²) in [7, 11) is 4.99. The number of benzene rings is 1. The number of anilines is 1. The SMILES string of the molecule is COC(=O)c1ccccc1N(C)C1CCN(C)C1=O. The van der Waals surface area contributed by atoms with Crippen LogP contribution < -0.4 is 4.90 Å². The molecule has 1 aromatic rings. The number of methoxy groups -OCH3 is 1. The molecule has 0 bridgehead atoms. The largest absolute Gasteiger partial charge is 0.465 e. The highest BCUT2D eigenvalue weighted by molar-refractivity contribution is 5.97. The number of amides is 1. The fourth-order valence-corrected chi connectivity index (χ4v) is 2.39. The van der Waals surface area contributed by atoms with Crippen LogP contribution in [0.4, 0.5) is 5.69 Å². The van der Waals surface area contributed by atoms with Gasteiger partial charge in [0.25, 0.3) is 0 Å². The van der Waals surface area contributed by atoms with Crippen LogP contribution in [-0.2, 0) is 9.53 Å². The molecule has 5 heteroatoms. The number of likely N-dealkylation sites (N-methyl/N-ethyl adjacent to an activating group) is 2. The van der Waals surface area contributed by atoms with E-state index in [1.807, 2.05) is 24.1 Å². The van der Waals surface area contributed by atoms with Crippen LogP contribution >= 0.6 is 0 Å². The lowest BCUT2D eigenvalue weighted by Crippen LogP contribution is -2.39. The molecule has 19 heavy (non-hydrogen) atoms. The molecule has 0 N–H and O–H groups in total. The Morgan fingerprint density at radius 1 is 1.42 bits per heavy atom. The van der Waals surface area contributed by atoms with E-state index in [-0.39, 0.29) is 17.9 Å². The standard InChI is InChI=1S/C14H18N2O3/c1-15-9-8-12(13(15)17)16(2)11-7-5-4-6-10(11)14(18)19-3/h4-7,12H,8-9H2,1-3H3. The van der Waals surface area contributed by atoms with Crippen LogP contribution in [0.3, 0.4) is 0 Å². The van der Waals surface area contributed by atoms with Gasteiger partial charge in [-0.3, -0.25) is 4.79 Å². The first-order chi connectivity index (χ1) is 9.06. The molecule has 0 spiro atoms. The van der Waals surface area contributed by atoms with Crippen molar-refractivity contribution in [2.75, 3.05) is 32.6 Å². The van der Waals surface area contributed by atoms with Gasteiger partial charge in [0.15, 0.2) is 0 Å². The van der Waals surface area contributed by atoms with Crippen molar-refractivity contribution in [1.29, 1.82) is 0 Å². The number of para-hydroxylation sites is 1. The fraction of sp³-hybridized carbons (Fsp3) is 0.429. The van der Waals surface area contributed by atoms with Gasteiger partial charge in [-0.2, -0.15) is 0 Å². The van der Waals surface area contributed by atoms with Crippen LogP contribution in [0.1, 0.15) is 16.8 Å². The van der Waals surface area contributed by atoms with E-state index in [1.165, 1.54) is 7.11 Å². The van der Waals surface area contributed by atoms with Gasteiger partial charge < -0.3 is 14.5 Å². The summed E-state index contributed by atoms with van der Waals surface area (Å²) in [6, 6.07) is 6.96. The molecule has 1 aliphatic heterocycles. The summed E-state index contributed by atoms with van der Waals surface area (Å²) >= 11 is 0. The van der Waals surface area contributed by atoms with Crippen molar-refractivity contribution >= 4 is 17.6 Å². The lowest BCUT2D eigenvalue weighted by atomic mass is 10.1. The van der Waals surface area contributed by atoms with Crippen molar-refractivity contribution in [3.63, 3.8) is 0 Å². The third-order valence-corrected chi connectivity index (χ3v) is 3.56. The predicted molar refractivity (Wildman–Crippen MR) is 72.2 cm³/mol. The van der Waals surface area contributed by atoms with Crippen LogP contribution in [0.5, 0.6) is 0 Å². The molecular formula is C14H18N2O3. The first-order valence-corrected chi connectivity index (χ1v) is 6.21. The number of carbonyl (C=O) groups excluding carboxylic acids is 2. The average Bonchev–Trinajstić information content (AvgIpc) is 2.77. The summed E-state index contributed by atoms with van der Waals surface area (Å²) in [6.45, 7) is 0.744. The zero-order chi connectivity index (χ0) is 14.0. The van der Waals surface area contributed by atoms with Gasteiger partial charge >= 0.3 is 5.97 Å². The molecule has 1 aliphatic rings. The van der Waals surface area contributed by atoms with Gasteiger partial charge in [0.1, 0.15) is 6.04 Å². The van der Waals surface area contributed by atoms with Gasteiger partial charge in [0.05, 0.1) is 18.4 Å². The minimum Gasteiger partial charge on any atom is -0.465 e. The third-order valence-electron chi connectivity index (χ3n) is 3.56. The molecule has 1 fully saturated rings. The first kappa shape index (κ1) is 13.4. The van der Waals surface area contributed by atoms with Crippen LogP contribution in [0.2, 0.25) is 0 Å². The lowest BCUT2D eigenvalue weighted by molar-refractivity contribution is -0.127. The predicted octanol–water partition coefficient (Wildman–Crippen LogP) is 1.14. The molecule has 1 heterocycles. The van der Waals surface area contributed by atoms with Crippen LogP contribution in [0, 0.1) is 0 Å². The van der Waals surface area contributed by atoms with E-state index < -0.39 is 0 Å². The Hall–Kier alpha value is -2.04. The number of esters is 1. The first-order valence-electron chi connectivity index (χ1n) is 6.21. The van der Waals surface area contributed by atoms with Crippen molar-refractivity contribution in [3.05, 3.63) is 29.8 Å². The molecule has 1 saturated heterocycles. The zero-order valence-electron chi connectivity index (χ0n) is 11.4. The van der Waals surface area contributed by atoms with Crippen LogP contribution in [-0.4, -0.2) is 50.6 Å². The molecule has 0 saturated carbocycles. The van der Waals surface area contributed by atoms with Crippen LogP contribution in [0.25, 0.3) is 0 Å². The Morgan fingerprint density at radius 2 is 2.11 bits per heavy atom. The van der Waals surface area contributed by atoms with Crippen molar-refractivity contribution in [2.45, 2.75) is 12.5 Å². The number of carbonyl (C=O) groups is 2. The minimum absolute atomic E-state index is 0.0853. The number of rotatable bonds is 3. The molecule has 0 radical (unpaired) electrons. The maximum Gasteiger partial charge on any atom is 0.339 e. The van der Waals surface area contributed by atoms with Crippen LogP contribution in [0.15, 0.2) is 24.3 Å². The molecule has 0 aliphatic carbocycles. The highest BCUT2D eigenvalue weighted by atomic mass is 16.5. The Kier molecular flexibility index (Phi) is 3.74. The molecule has 0 aromatic heterocycles. The highest BCUT2D eigenvalue weighted by Crippen LogP contribution is 2.25. The zero-order valence-corrected chi connectivity index (χ0v) is 11.4. The Balaban J connectivity index is 2.31. The lowest BCUT2D eigenvalue weighted by Gasteiger charge is -2.26. The second kappa shape index (κ2) is 5.30. The van der Waals surface area contributed by atoms with Gasteiger partial charge in [-0.25, -0.2) is 4.79 Å². The van der Waals surface area contributed by atoms with E-state index >= 15 is 0 Å². The van der Waals surface area contributed by atoms with Gasteiger partial charge in [0, 0.05) is 20.6 Å². The smallest absolute Gasteiger partial charge is 0.339 e. The normalized spacial score (nSPS) is 18.6. The molecular weight excluding hydrogens is 244 g/mol. The van der Waals surface area contributed by atoms with Crippen molar-refractivity contribution in [1.82, 2.24) is 4.90 Å². The van der Waals surface area contributed by atoms with E-state index in [0.29, 0.717) is 5.56 Å². The maximum atomic E-state index is 12.0. The van der Waals surface area contributed by atoms with E-state index in [0.717, 1.165) is 18.7 Å². The Bertz CT molecular complexity index is 501. The summed E-state index contributed by atoms with van der Waals surface area (Å²) in [6.07, 6.45) is 0.765. The van der Waals surface area contributed by atoms with Gasteiger partial charge in [-0.1, -0.05) is 12.1 Å². The van der Waals surface area contributed by atoms with Gasteiger partial charge in [-0.05, 0) is 18.6 Å². The number of hydrogen-bond acceptors (Lipinski definition) is 4. The van der Waals surface area contributed by atoms with Crippen molar-refractivity contribution in [3.8, 4) is 0 Å². The number of hydrogen-bond donors (Lipinski definition) is 0. The summed E-state index contributed by atoms with van der Waals surface area (Å²) in [5.74, 6) is -0.302. The number of likely N-dealkylation sites (tertiary alicyclic amines) is 1. The van der Waals surface area contributed by atoms with Gasteiger partial charge in [0.2, 0.25) is 5.91 Å². The van der Waals surface area contributed by atoms with Crippen molar-refractivity contribution < 1.29 is 14.3 Å².